The maximum Gasteiger partial charge on any atom is 0.260 e. The lowest BCUT2D eigenvalue weighted by molar-refractivity contribution is 0.0817. The van der Waals surface area contributed by atoms with E-state index >= 15 is 0 Å². The molecule has 0 saturated heterocycles. The number of hydrogen-bond acceptors (Lipinski definition) is 4. The van der Waals surface area contributed by atoms with Crippen molar-refractivity contribution in [2.75, 3.05) is 14.2 Å². The highest BCUT2D eigenvalue weighted by Gasteiger charge is 2.32. The molecule has 0 spiro atoms. The molecule has 1 aromatic rings. The first kappa shape index (κ1) is 13.4. The first-order valence-corrected chi connectivity index (χ1v) is 6.64. The maximum atomic E-state index is 12.7. The van der Waals surface area contributed by atoms with Gasteiger partial charge in [-0.2, -0.15) is 0 Å². The van der Waals surface area contributed by atoms with Crippen LogP contribution >= 0.6 is 0 Å². The SMILES string of the molecule is C=CC1=CN2C(=O)c3cc(OC)c(OC)cc3N=C[C@@H]2C1. The molecule has 108 valence electrons. The fraction of sp³-hybridized carbons (Fsp3) is 0.250. The zero-order chi connectivity index (χ0) is 15.0. The zero-order valence-electron chi connectivity index (χ0n) is 12.0. The standard InChI is InChI=1S/C16H16N2O3/c1-4-10-5-11-8-17-13-7-15(21-3)14(20-2)6-12(13)16(19)18(11)9-10/h4,6-9,11H,1,5H2,2-3H3/t11-/m0/s1. The minimum Gasteiger partial charge on any atom is -0.493 e. The summed E-state index contributed by atoms with van der Waals surface area (Å²) in [5.74, 6) is 0.987. The van der Waals surface area contributed by atoms with Gasteiger partial charge < -0.3 is 14.4 Å². The lowest BCUT2D eigenvalue weighted by Gasteiger charge is -2.18. The number of rotatable bonds is 3. The quantitative estimate of drug-likeness (QED) is 0.857. The van der Waals surface area contributed by atoms with Gasteiger partial charge in [-0.3, -0.25) is 9.79 Å². The molecule has 3 rings (SSSR count). The highest BCUT2D eigenvalue weighted by molar-refractivity contribution is 6.04. The Morgan fingerprint density at radius 3 is 2.71 bits per heavy atom. The van der Waals surface area contributed by atoms with E-state index in [1.165, 1.54) is 0 Å². The van der Waals surface area contributed by atoms with E-state index in [-0.39, 0.29) is 11.9 Å². The summed E-state index contributed by atoms with van der Waals surface area (Å²) in [6.45, 7) is 3.76. The normalized spacial score (nSPS) is 19.5. The fourth-order valence-electron chi connectivity index (χ4n) is 2.59. The minimum atomic E-state index is -0.0923. The van der Waals surface area contributed by atoms with Gasteiger partial charge in [0, 0.05) is 18.5 Å². The fourth-order valence-corrected chi connectivity index (χ4v) is 2.59. The van der Waals surface area contributed by atoms with Crippen LogP contribution in [-0.4, -0.2) is 37.3 Å². The third kappa shape index (κ3) is 2.11. The highest BCUT2D eigenvalue weighted by atomic mass is 16.5. The van der Waals surface area contributed by atoms with Crippen molar-refractivity contribution in [3.05, 3.63) is 42.1 Å². The van der Waals surface area contributed by atoms with Crippen molar-refractivity contribution >= 4 is 17.8 Å². The molecule has 1 amide bonds. The summed E-state index contributed by atoms with van der Waals surface area (Å²) in [5.41, 5.74) is 2.14. The van der Waals surface area contributed by atoms with Crippen molar-refractivity contribution in [3.8, 4) is 11.5 Å². The van der Waals surface area contributed by atoms with Crippen molar-refractivity contribution in [3.63, 3.8) is 0 Å². The van der Waals surface area contributed by atoms with Gasteiger partial charge in [0.25, 0.3) is 5.91 Å². The number of ether oxygens (including phenoxy) is 2. The molecule has 0 bridgehead atoms. The minimum absolute atomic E-state index is 0.0603. The average molecular weight is 284 g/mol. The third-order valence-corrected chi connectivity index (χ3v) is 3.72. The van der Waals surface area contributed by atoms with Gasteiger partial charge in [0.05, 0.1) is 31.5 Å². The summed E-state index contributed by atoms with van der Waals surface area (Å²) >= 11 is 0. The Labute approximate surface area is 123 Å². The molecule has 2 aliphatic heterocycles. The van der Waals surface area contributed by atoms with Gasteiger partial charge in [0.15, 0.2) is 11.5 Å². The molecule has 0 unspecified atom stereocenters. The zero-order valence-corrected chi connectivity index (χ0v) is 12.0. The molecular weight excluding hydrogens is 268 g/mol. The van der Waals surface area contributed by atoms with Gasteiger partial charge in [-0.05, 0) is 18.1 Å². The summed E-state index contributed by atoms with van der Waals surface area (Å²) in [4.78, 5) is 18.9. The second kappa shape index (κ2) is 5.09. The van der Waals surface area contributed by atoms with Crippen LogP contribution < -0.4 is 9.47 Å². The summed E-state index contributed by atoms with van der Waals surface area (Å²) in [5, 5.41) is 0. The number of methoxy groups -OCH3 is 2. The number of nitrogens with zero attached hydrogens (tertiary/aromatic N) is 2. The van der Waals surface area contributed by atoms with Crippen LogP contribution in [0.25, 0.3) is 0 Å². The second-order valence-electron chi connectivity index (χ2n) is 4.89. The molecule has 2 aliphatic rings. The topological polar surface area (TPSA) is 51.1 Å². The van der Waals surface area contributed by atoms with Crippen molar-refractivity contribution in [2.45, 2.75) is 12.5 Å². The first-order chi connectivity index (χ1) is 10.2. The van der Waals surface area contributed by atoms with Crippen LogP contribution in [0.4, 0.5) is 5.69 Å². The molecule has 0 aromatic heterocycles. The largest absolute Gasteiger partial charge is 0.493 e. The third-order valence-electron chi connectivity index (χ3n) is 3.72. The lowest BCUT2D eigenvalue weighted by Crippen LogP contribution is -2.32. The van der Waals surface area contributed by atoms with E-state index in [9.17, 15) is 4.79 Å². The molecule has 5 nitrogen and oxygen atoms in total. The van der Waals surface area contributed by atoms with Gasteiger partial charge >= 0.3 is 0 Å². The summed E-state index contributed by atoms with van der Waals surface area (Å²) in [7, 11) is 3.10. The number of benzene rings is 1. The first-order valence-electron chi connectivity index (χ1n) is 6.64. The van der Waals surface area contributed by atoms with Crippen LogP contribution in [0, 0.1) is 0 Å². The number of hydrogen-bond donors (Lipinski definition) is 0. The number of fused-ring (bicyclic) bond motifs is 2. The molecular formula is C16H16N2O3. The van der Waals surface area contributed by atoms with E-state index < -0.39 is 0 Å². The molecule has 0 radical (unpaired) electrons. The Kier molecular flexibility index (Phi) is 3.25. The van der Waals surface area contributed by atoms with Crippen LogP contribution in [0.2, 0.25) is 0 Å². The molecule has 21 heavy (non-hydrogen) atoms. The number of carbonyl (C=O) groups is 1. The number of allylic oxidation sites excluding steroid dienone is 1. The number of aliphatic imine (C=N–C) groups is 1. The van der Waals surface area contributed by atoms with Crippen LogP contribution in [0.15, 0.2) is 41.6 Å². The van der Waals surface area contributed by atoms with Gasteiger partial charge in [-0.1, -0.05) is 12.7 Å². The van der Waals surface area contributed by atoms with E-state index in [1.54, 1.807) is 43.5 Å². The Morgan fingerprint density at radius 1 is 1.33 bits per heavy atom. The summed E-state index contributed by atoms with van der Waals surface area (Å²) in [6.07, 6.45) is 6.13. The van der Waals surface area contributed by atoms with Crippen molar-refractivity contribution in [2.24, 2.45) is 4.99 Å². The molecule has 0 saturated carbocycles. The van der Waals surface area contributed by atoms with Crippen LogP contribution in [-0.2, 0) is 0 Å². The number of amides is 1. The second-order valence-corrected chi connectivity index (χ2v) is 4.89. The van der Waals surface area contributed by atoms with Gasteiger partial charge in [0.2, 0.25) is 0 Å². The predicted octanol–water partition coefficient (Wildman–Crippen LogP) is 2.70. The van der Waals surface area contributed by atoms with E-state index in [4.69, 9.17) is 9.47 Å². The summed E-state index contributed by atoms with van der Waals surface area (Å²) < 4.78 is 10.5. The lowest BCUT2D eigenvalue weighted by atomic mass is 10.1. The van der Waals surface area contributed by atoms with Crippen molar-refractivity contribution < 1.29 is 14.3 Å². The molecule has 2 heterocycles. The average Bonchev–Trinajstić information content (AvgIpc) is 2.89. The molecule has 1 atom stereocenters. The van der Waals surface area contributed by atoms with Crippen molar-refractivity contribution in [1.82, 2.24) is 4.90 Å². The molecule has 5 heteroatoms. The maximum absolute atomic E-state index is 12.7. The Hall–Kier alpha value is -2.56. The number of carbonyl (C=O) groups excluding carboxylic acids is 1. The van der Waals surface area contributed by atoms with Crippen LogP contribution in [0.1, 0.15) is 16.8 Å². The Bertz CT molecular complexity index is 676. The smallest absolute Gasteiger partial charge is 0.260 e. The van der Waals surface area contributed by atoms with Crippen LogP contribution in [0.3, 0.4) is 0 Å². The van der Waals surface area contributed by atoms with Gasteiger partial charge in [-0.15, -0.1) is 0 Å². The van der Waals surface area contributed by atoms with E-state index in [2.05, 4.69) is 11.6 Å². The summed E-state index contributed by atoms with van der Waals surface area (Å²) in [6, 6.07) is 3.34. The van der Waals surface area contributed by atoms with E-state index in [0.29, 0.717) is 22.7 Å². The monoisotopic (exact) mass is 284 g/mol. The highest BCUT2D eigenvalue weighted by Crippen LogP contribution is 2.38. The van der Waals surface area contributed by atoms with Gasteiger partial charge in [-0.25, -0.2) is 0 Å². The molecule has 0 fully saturated rings. The molecule has 1 aromatic carbocycles. The van der Waals surface area contributed by atoms with Gasteiger partial charge in [0.1, 0.15) is 0 Å². The molecule has 0 aliphatic carbocycles. The Morgan fingerprint density at radius 2 is 2.05 bits per heavy atom. The Balaban J connectivity index is 2.10. The van der Waals surface area contributed by atoms with E-state index in [0.717, 1.165) is 12.0 Å². The van der Waals surface area contributed by atoms with E-state index in [1.807, 2.05) is 6.20 Å². The van der Waals surface area contributed by atoms with Crippen LogP contribution in [0.5, 0.6) is 11.5 Å². The van der Waals surface area contributed by atoms with Crippen molar-refractivity contribution in [1.29, 1.82) is 0 Å². The molecule has 0 N–H and O–H groups in total. The predicted molar refractivity (Wildman–Crippen MR) is 80.6 cm³/mol.